The molecule has 2 aliphatic rings. The van der Waals surface area contributed by atoms with E-state index < -0.39 is 0 Å². The summed E-state index contributed by atoms with van der Waals surface area (Å²) in [5, 5.41) is 6.86. The maximum Gasteiger partial charge on any atom is 0.197 e. The average molecular weight is 329 g/mol. The topological polar surface area (TPSA) is 67.9 Å². The largest absolute Gasteiger partial charge is 0.444 e. The van der Waals surface area contributed by atoms with Gasteiger partial charge in [0.1, 0.15) is 11.6 Å². The zero-order valence-electron chi connectivity index (χ0n) is 14.8. The van der Waals surface area contributed by atoms with E-state index in [0.29, 0.717) is 17.8 Å². The molecule has 130 valence electrons. The van der Waals surface area contributed by atoms with Crippen LogP contribution in [0.25, 0.3) is 0 Å². The van der Waals surface area contributed by atoms with Gasteiger partial charge in [-0.05, 0) is 6.42 Å². The Hall–Kier alpha value is -1.66. The third-order valence-electron chi connectivity index (χ3n) is 5.13. The van der Waals surface area contributed by atoms with Crippen molar-refractivity contribution in [1.29, 1.82) is 0 Å². The second-order valence-corrected chi connectivity index (χ2v) is 7.43. The zero-order valence-corrected chi connectivity index (χ0v) is 14.8. The van der Waals surface area contributed by atoms with E-state index in [1.165, 1.54) is 5.69 Å². The number of nitrogens with one attached hydrogen (secondary N) is 2. The summed E-state index contributed by atoms with van der Waals surface area (Å²) in [6, 6.07) is 0. The first-order valence-electron chi connectivity index (χ1n) is 9.08. The van der Waals surface area contributed by atoms with E-state index >= 15 is 0 Å². The van der Waals surface area contributed by atoms with E-state index in [4.69, 9.17) is 14.4 Å². The highest BCUT2D eigenvalue weighted by molar-refractivity contribution is 5.21. The number of nitrogens with zero attached hydrogens (tertiary/aromatic N) is 3. The number of hydrogen-bond donors (Lipinski definition) is 2. The van der Waals surface area contributed by atoms with Crippen LogP contribution < -0.4 is 10.6 Å². The van der Waals surface area contributed by atoms with Gasteiger partial charge in [-0.15, -0.1) is 0 Å². The molecule has 0 saturated carbocycles. The lowest BCUT2D eigenvalue weighted by molar-refractivity contribution is 0.393. The van der Waals surface area contributed by atoms with Crippen molar-refractivity contribution in [3.05, 3.63) is 35.1 Å². The first-order chi connectivity index (χ1) is 11.6. The highest BCUT2D eigenvalue weighted by Crippen LogP contribution is 2.34. The monoisotopic (exact) mass is 329 g/mol. The summed E-state index contributed by atoms with van der Waals surface area (Å²) >= 11 is 0. The molecule has 0 amide bonds. The van der Waals surface area contributed by atoms with Gasteiger partial charge in [0.25, 0.3) is 0 Å². The smallest absolute Gasteiger partial charge is 0.197 e. The van der Waals surface area contributed by atoms with Crippen molar-refractivity contribution in [2.45, 2.75) is 64.6 Å². The number of rotatable bonds is 4. The molecule has 0 bridgehead atoms. The molecule has 2 aromatic heterocycles. The molecule has 0 spiro atoms. The molecule has 2 atom stereocenters. The van der Waals surface area contributed by atoms with Crippen LogP contribution in [0.3, 0.4) is 0 Å². The van der Waals surface area contributed by atoms with Gasteiger partial charge in [-0.2, -0.15) is 0 Å². The highest BCUT2D eigenvalue weighted by atomic mass is 16.4. The molecular weight excluding hydrogens is 302 g/mol. The Morgan fingerprint density at radius 1 is 1.25 bits per heavy atom. The van der Waals surface area contributed by atoms with Crippen LogP contribution in [0.2, 0.25) is 0 Å². The van der Waals surface area contributed by atoms with Crippen molar-refractivity contribution >= 4 is 0 Å². The molecule has 2 aliphatic heterocycles. The number of oxazole rings is 1. The maximum absolute atomic E-state index is 5.95. The van der Waals surface area contributed by atoms with Crippen LogP contribution in [0.15, 0.2) is 10.6 Å². The fraction of sp³-hybridized carbons (Fsp3) is 0.667. The zero-order chi connectivity index (χ0) is 16.7. The Labute approximate surface area is 143 Å². The minimum Gasteiger partial charge on any atom is -0.444 e. The van der Waals surface area contributed by atoms with Crippen molar-refractivity contribution in [3.8, 4) is 0 Å². The third-order valence-corrected chi connectivity index (χ3v) is 5.13. The normalized spacial score (nSPS) is 21.6. The first-order valence-corrected chi connectivity index (χ1v) is 9.08. The number of hydrogen-bond acceptors (Lipinski definition) is 5. The van der Waals surface area contributed by atoms with Gasteiger partial charge in [0.2, 0.25) is 0 Å². The lowest BCUT2D eigenvalue weighted by atomic mass is 9.89. The van der Waals surface area contributed by atoms with E-state index in [2.05, 4.69) is 42.2 Å². The van der Waals surface area contributed by atoms with Gasteiger partial charge in [-0.25, -0.2) is 9.97 Å². The Morgan fingerprint density at radius 2 is 2.12 bits per heavy atom. The second kappa shape index (κ2) is 6.33. The molecule has 0 aromatic carbocycles. The van der Waals surface area contributed by atoms with Crippen LogP contribution in [-0.2, 0) is 19.6 Å². The minimum atomic E-state index is 0.334. The molecule has 4 rings (SSSR count). The molecule has 2 unspecified atom stereocenters. The van der Waals surface area contributed by atoms with Crippen LogP contribution in [0.1, 0.15) is 73.8 Å². The van der Waals surface area contributed by atoms with Crippen LogP contribution in [-0.4, -0.2) is 27.6 Å². The van der Waals surface area contributed by atoms with Crippen molar-refractivity contribution in [2.75, 3.05) is 13.1 Å². The lowest BCUT2D eigenvalue weighted by Gasteiger charge is -2.23. The lowest BCUT2D eigenvalue weighted by Crippen LogP contribution is -2.28. The van der Waals surface area contributed by atoms with Gasteiger partial charge in [0.05, 0.1) is 24.5 Å². The molecule has 0 radical (unpaired) electrons. The molecule has 2 N–H and O–H groups in total. The van der Waals surface area contributed by atoms with Crippen LogP contribution in [0.4, 0.5) is 0 Å². The molecule has 0 aliphatic carbocycles. The highest BCUT2D eigenvalue weighted by Gasteiger charge is 2.29. The molecule has 6 heteroatoms. The Morgan fingerprint density at radius 3 is 2.92 bits per heavy atom. The summed E-state index contributed by atoms with van der Waals surface area (Å²) in [7, 11) is 0. The van der Waals surface area contributed by atoms with Crippen LogP contribution in [0.5, 0.6) is 0 Å². The molecular formula is C18H27N5O. The average Bonchev–Trinajstić information content (AvgIpc) is 3.19. The summed E-state index contributed by atoms with van der Waals surface area (Å²) in [5.74, 6) is 4.20. The molecule has 24 heavy (non-hydrogen) atoms. The molecule has 6 nitrogen and oxygen atoms in total. The summed E-state index contributed by atoms with van der Waals surface area (Å²) in [6.45, 7) is 11.2. The van der Waals surface area contributed by atoms with Gasteiger partial charge in [0.15, 0.2) is 5.89 Å². The maximum atomic E-state index is 5.95. The Bertz CT molecular complexity index is 694. The molecule has 4 heterocycles. The van der Waals surface area contributed by atoms with Gasteiger partial charge in [0, 0.05) is 43.6 Å². The van der Waals surface area contributed by atoms with Gasteiger partial charge < -0.3 is 19.6 Å². The van der Waals surface area contributed by atoms with E-state index in [-0.39, 0.29) is 0 Å². The van der Waals surface area contributed by atoms with Crippen molar-refractivity contribution in [2.24, 2.45) is 0 Å². The van der Waals surface area contributed by atoms with E-state index in [9.17, 15) is 0 Å². The van der Waals surface area contributed by atoms with E-state index in [1.807, 2.05) is 0 Å². The van der Waals surface area contributed by atoms with E-state index in [0.717, 1.165) is 62.3 Å². The van der Waals surface area contributed by atoms with Crippen LogP contribution >= 0.6 is 0 Å². The van der Waals surface area contributed by atoms with E-state index in [1.54, 1.807) is 0 Å². The standard InChI is InChI=1S/C18H27N5O/c1-11(2)18-22-17-13(7-20-8-15(17)24-18)6-12(3)14-10-23-5-4-19-9-16(23)21-14/h10-13,19-20H,4-9H2,1-3H3. The Kier molecular flexibility index (Phi) is 4.18. The summed E-state index contributed by atoms with van der Waals surface area (Å²) in [4.78, 5) is 9.64. The number of aromatic nitrogens is 3. The van der Waals surface area contributed by atoms with Crippen molar-refractivity contribution in [1.82, 2.24) is 25.2 Å². The predicted molar refractivity (Wildman–Crippen MR) is 92.0 cm³/mol. The summed E-state index contributed by atoms with van der Waals surface area (Å²) in [5.41, 5.74) is 2.36. The summed E-state index contributed by atoms with van der Waals surface area (Å²) < 4.78 is 8.24. The molecule has 0 saturated heterocycles. The molecule has 0 fully saturated rings. The number of fused-ring (bicyclic) bond motifs is 2. The third kappa shape index (κ3) is 2.89. The van der Waals surface area contributed by atoms with Crippen molar-refractivity contribution in [3.63, 3.8) is 0 Å². The molecule has 2 aromatic rings. The Balaban J connectivity index is 1.52. The van der Waals surface area contributed by atoms with Gasteiger partial charge >= 0.3 is 0 Å². The fourth-order valence-electron chi connectivity index (χ4n) is 3.72. The fourth-order valence-corrected chi connectivity index (χ4v) is 3.72. The van der Waals surface area contributed by atoms with Crippen LogP contribution in [0, 0.1) is 0 Å². The first kappa shape index (κ1) is 15.8. The van der Waals surface area contributed by atoms with Crippen molar-refractivity contribution < 1.29 is 4.42 Å². The van der Waals surface area contributed by atoms with Gasteiger partial charge in [-0.3, -0.25) is 0 Å². The predicted octanol–water partition coefficient (Wildman–Crippen LogP) is 2.48. The quantitative estimate of drug-likeness (QED) is 0.902. The summed E-state index contributed by atoms with van der Waals surface area (Å²) in [6.07, 6.45) is 3.29. The SMILES string of the molecule is CC(C)c1nc2c(o1)CNCC2CC(C)c1cn2c(n1)CNCC2. The second-order valence-electron chi connectivity index (χ2n) is 7.43. The number of imidazole rings is 1. The van der Waals surface area contributed by atoms with Gasteiger partial charge in [-0.1, -0.05) is 20.8 Å². The minimum absolute atomic E-state index is 0.334.